The Labute approximate surface area is 77.2 Å². The molecule has 1 rings (SSSR count). The van der Waals surface area contributed by atoms with Crippen LogP contribution in [0.5, 0.6) is 0 Å². The lowest BCUT2D eigenvalue weighted by atomic mass is 10.2. The maximum absolute atomic E-state index is 7.72. The highest BCUT2D eigenvalue weighted by atomic mass is 15.2. The minimum Gasteiger partial charge on any atom is -0.318 e. The molecule has 1 aromatic heterocycles. The van der Waals surface area contributed by atoms with Crippen LogP contribution in [0.15, 0.2) is 24.5 Å². The van der Waals surface area contributed by atoms with Crippen molar-refractivity contribution in [3.63, 3.8) is 0 Å². The number of amidine groups is 2. The Hall–Kier alpha value is -1.71. The number of hydrogen-bond acceptors (Lipinski definition) is 3. The maximum atomic E-state index is 7.72. The molecular formula is C9H12N4. The fraction of sp³-hybridized carbons (Fsp3) is 0.222. The van der Waals surface area contributed by atoms with Gasteiger partial charge in [0.2, 0.25) is 0 Å². The molecule has 0 aliphatic carbocycles. The highest BCUT2D eigenvalue weighted by Gasteiger charge is 2.07. The zero-order valence-corrected chi connectivity index (χ0v) is 7.70. The highest BCUT2D eigenvalue weighted by molar-refractivity contribution is 6.05. The van der Waals surface area contributed by atoms with Crippen LogP contribution < -0.4 is 0 Å². The van der Waals surface area contributed by atoms with Gasteiger partial charge in [-0.25, -0.2) is 0 Å². The van der Waals surface area contributed by atoms with Crippen molar-refractivity contribution in [1.29, 1.82) is 10.8 Å². The molecule has 13 heavy (non-hydrogen) atoms. The predicted molar refractivity (Wildman–Crippen MR) is 52.2 cm³/mol. The van der Waals surface area contributed by atoms with Crippen molar-refractivity contribution in [2.24, 2.45) is 0 Å². The number of hydrogen-bond donors (Lipinski definition) is 2. The van der Waals surface area contributed by atoms with E-state index in [2.05, 4.69) is 4.98 Å². The summed E-state index contributed by atoms with van der Waals surface area (Å²) in [6.45, 7) is 1.65. The van der Waals surface area contributed by atoms with E-state index in [1.807, 2.05) is 0 Å². The topological polar surface area (TPSA) is 63.8 Å². The van der Waals surface area contributed by atoms with E-state index in [4.69, 9.17) is 10.8 Å². The Morgan fingerprint density at radius 1 is 1.31 bits per heavy atom. The van der Waals surface area contributed by atoms with E-state index < -0.39 is 0 Å². The average molecular weight is 176 g/mol. The van der Waals surface area contributed by atoms with Gasteiger partial charge in [-0.2, -0.15) is 0 Å². The van der Waals surface area contributed by atoms with Crippen molar-refractivity contribution in [1.82, 2.24) is 9.88 Å². The summed E-state index contributed by atoms with van der Waals surface area (Å²) in [6.07, 6.45) is 3.27. The molecule has 0 saturated heterocycles. The van der Waals surface area contributed by atoms with Gasteiger partial charge in [0, 0.05) is 25.0 Å². The summed E-state index contributed by atoms with van der Waals surface area (Å²) in [4.78, 5) is 5.37. The Morgan fingerprint density at radius 2 is 1.85 bits per heavy atom. The molecule has 4 heteroatoms. The summed E-state index contributed by atoms with van der Waals surface area (Å²) >= 11 is 0. The van der Waals surface area contributed by atoms with Gasteiger partial charge >= 0.3 is 0 Å². The van der Waals surface area contributed by atoms with Gasteiger partial charge in [-0.15, -0.1) is 0 Å². The first-order valence-corrected chi connectivity index (χ1v) is 3.90. The lowest BCUT2D eigenvalue weighted by molar-refractivity contribution is 0.734. The number of pyridine rings is 1. The first-order chi connectivity index (χ1) is 6.13. The monoisotopic (exact) mass is 176 g/mol. The van der Waals surface area contributed by atoms with Crippen molar-refractivity contribution < 1.29 is 0 Å². The summed E-state index contributed by atoms with van der Waals surface area (Å²) < 4.78 is 0. The lowest BCUT2D eigenvalue weighted by Gasteiger charge is -2.17. The molecule has 0 amide bonds. The van der Waals surface area contributed by atoms with Crippen LogP contribution in [0.3, 0.4) is 0 Å². The van der Waals surface area contributed by atoms with E-state index in [1.54, 1.807) is 38.5 Å². The molecule has 0 aliphatic heterocycles. The second-order valence-corrected chi connectivity index (χ2v) is 2.73. The molecule has 0 unspecified atom stereocenters. The third-order valence-corrected chi connectivity index (χ3v) is 1.79. The molecule has 0 aromatic carbocycles. The van der Waals surface area contributed by atoms with E-state index in [0.29, 0.717) is 11.7 Å². The Bertz CT molecular complexity index is 318. The summed E-state index contributed by atoms with van der Waals surface area (Å²) in [7, 11) is 1.70. The molecule has 0 atom stereocenters. The van der Waals surface area contributed by atoms with Crippen LogP contribution in [0.1, 0.15) is 12.5 Å². The first-order valence-electron chi connectivity index (χ1n) is 3.90. The van der Waals surface area contributed by atoms with E-state index in [-0.39, 0.29) is 0 Å². The van der Waals surface area contributed by atoms with Gasteiger partial charge in [0.1, 0.15) is 5.84 Å². The second kappa shape index (κ2) is 3.80. The Kier molecular flexibility index (Phi) is 2.74. The van der Waals surface area contributed by atoms with E-state index >= 15 is 0 Å². The average Bonchev–Trinajstić information content (AvgIpc) is 2.17. The van der Waals surface area contributed by atoms with E-state index in [9.17, 15) is 0 Å². The van der Waals surface area contributed by atoms with Gasteiger partial charge in [-0.1, -0.05) is 0 Å². The van der Waals surface area contributed by atoms with Crippen molar-refractivity contribution in [2.45, 2.75) is 6.92 Å². The van der Waals surface area contributed by atoms with Gasteiger partial charge in [-0.05, 0) is 19.1 Å². The summed E-state index contributed by atoms with van der Waals surface area (Å²) in [5.74, 6) is 0.664. The molecule has 1 heterocycles. The molecule has 2 N–H and O–H groups in total. The second-order valence-electron chi connectivity index (χ2n) is 2.73. The molecule has 4 nitrogen and oxygen atoms in total. The number of nitrogens with one attached hydrogen (secondary N) is 2. The first kappa shape index (κ1) is 9.38. The van der Waals surface area contributed by atoms with Crippen LogP contribution in [0.4, 0.5) is 0 Å². The fourth-order valence-electron chi connectivity index (χ4n) is 0.871. The van der Waals surface area contributed by atoms with Gasteiger partial charge in [0.25, 0.3) is 0 Å². The summed E-state index contributed by atoms with van der Waals surface area (Å²) in [6, 6.07) is 3.50. The van der Waals surface area contributed by atoms with E-state index in [0.717, 1.165) is 5.56 Å². The maximum Gasteiger partial charge on any atom is 0.133 e. The van der Waals surface area contributed by atoms with Crippen molar-refractivity contribution in [3.8, 4) is 0 Å². The van der Waals surface area contributed by atoms with Gasteiger partial charge in [0.05, 0.1) is 5.84 Å². The Balaban J connectivity index is 2.86. The van der Waals surface area contributed by atoms with Crippen LogP contribution in [-0.4, -0.2) is 28.6 Å². The minimum absolute atomic E-state index is 0.315. The fourth-order valence-corrected chi connectivity index (χ4v) is 0.871. The number of nitrogens with zero attached hydrogens (tertiary/aromatic N) is 2. The smallest absolute Gasteiger partial charge is 0.133 e. The molecule has 0 fully saturated rings. The molecular weight excluding hydrogens is 164 g/mol. The third-order valence-electron chi connectivity index (χ3n) is 1.79. The summed E-state index contributed by atoms with van der Waals surface area (Å²) in [5, 5.41) is 15.1. The zero-order chi connectivity index (χ0) is 9.84. The zero-order valence-electron chi connectivity index (χ0n) is 7.70. The largest absolute Gasteiger partial charge is 0.318 e. The van der Waals surface area contributed by atoms with Crippen LogP contribution in [0.25, 0.3) is 0 Å². The highest BCUT2D eigenvalue weighted by Crippen LogP contribution is 2.01. The van der Waals surface area contributed by atoms with Crippen molar-refractivity contribution in [2.75, 3.05) is 7.05 Å². The lowest BCUT2D eigenvalue weighted by Crippen LogP contribution is -2.30. The van der Waals surface area contributed by atoms with E-state index in [1.165, 1.54) is 4.90 Å². The van der Waals surface area contributed by atoms with Gasteiger partial charge in [0.15, 0.2) is 0 Å². The molecule has 68 valence electrons. The van der Waals surface area contributed by atoms with Crippen molar-refractivity contribution in [3.05, 3.63) is 30.1 Å². The van der Waals surface area contributed by atoms with Gasteiger partial charge < -0.3 is 4.90 Å². The molecule has 0 aliphatic rings. The predicted octanol–water partition coefficient (Wildman–Crippen LogP) is 1.34. The minimum atomic E-state index is 0.315. The molecule has 0 saturated carbocycles. The molecule has 0 spiro atoms. The molecule has 0 bridgehead atoms. The van der Waals surface area contributed by atoms with Crippen LogP contribution in [0.2, 0.25) is 0 Å². The SMILES string of the molecule is CC(=N)N(C)C(=N)c1ccncc1. The molecule has 0 radical (unpaired) electrons. The summed E-state index contributed by atoms with van der Waals surface area (Å²) in [5.41, 5.74) is 0.768. The number of rotatable bonds is 1. The third kappa shape index (κ3) is 2.11. The Morgan fingerprint density at radius 3 is 2.31 bits per heavy atom. The van der Waals surface area contributed by atoms with Crippen molar-refractivity contribution >= 4 is 11.7 Å². The normalized spacial score (nSPS) is 9.38. The quantitative estimate of drug-likeness (QED) is 0.501. The van der Waals surface area contributed by atoms with Crippen LogP contribution >= 0.6 is 0 Å². The van der Waals surface area contributed by atoms with Crippen LogP contribution in [-0.2, 0) is 0 Å². The van der Waals surface area contributed by atoms with Crippen LogP contribution in [0, 0.1) is 10.8 Å². The molecule has 1 aromatic rings. The van der Waals surface area contributed by atoms with Gasteiger partial charge in [-0.3, -0.25) is 15.8 Å². The standard InChI is InChI=1S/C9H12N4/c1-7(10)13(2)9(11)8-3-5-12-6-4-8/h3-6,10-11H,1-2H3. The number of aromatic nitrogens is 1.